The minimum Gasteiger partial charge on any atom is -0.399 e. The third-order valence-corrected chi connectivity index (χ3v) is 3.08. The van der Waals surface area contributed by atoms with E-state index in [-0.39, 0.29) is 5.41 Å². The summed E-state index contributed by atoms with van der Waals surface area (Å²) in [6, 6.07) is 8.02. The maximum atomic E-state index is 5.67. The summed E-state index contributed by atoms with van der Waals surface area (Å²) < 4.78 is 0. The highest BCUT2D eigenvalue weighted by Gasteiger charge is 2.48. The van der Waals surface area contributed by atoms with Crippen molar-refractivity contribution in [2.75, 3.05) is 5.73 Å². The van der Waals surface area contributed by atoms with Gasteiger partial charge in [-0.2, -0.15) is 5.10 Å². The molecule has 1 aromatic carbocycles. The fourth-order valence-electron chi connectivity index (χ4n) is 2.03. The number of nitrogens with two attached hydrogens (primary N) is 1. The molecule has 2 aromatic rings. The van der Waals surface area contributed by atoms with E-state index in [9.17, 15) is 0 Å². The van der Waals surface area contributed by atoms with Crippen LogP contribution in [0.25, 0.3) is 0 Å². The normalized spacial score (nSPS) is 17.6. The van der Waals surface area contributed by atoms with E-state index >= 15 is 0 Å². The molecule has 0 saturated heterocycles. The number of anilines is 1. The number of nitrogens with one attached hydrogen (secondary N) is 1. The van der Waals surface area contributed by atoms with Gasteiger partial charge >= 0.3 is 0 Å². The number of H-pyrrole nitrogens is 1. The van der Waals surface area contributed by atoms with Gasteiger partial charge in [0.15, 0.2) is 0 Å². The minimum atomic E-state index is 0.0736. The van der Waals surface area contributed by atoms with Crippen LogP contribution in [0.4, 0.5) is 5.69 Å². The van der Waals surface area contributed by atoms with Crippen LogP contribution in [-0.4, -0.2) is 15.2 Å². The summed E-state index contributed by atoms with van der Waals surface area (Å²) in [5.41, 5.74) is 7.82. The van der Waals surface area contributed by atoms with E-state index < -0.39 is 0 Å². The van der Waals surface area contributed by atoms with E-state index in [1.54, 1.807) is 6.33 Å². The average molecular weight is 200 g/mol. The molecular formula is C11H12N4. The first-order valence-electron chi connectivity index (χ1n) is 5.03. The van der Waals surface area contributed by atoms with Crippen LogP contribution in [0.15, 0.2) is 30.6 Å². The molecule has 15 heavy (non-hydrogen) atoms. The number of aromatic amines is 1. The van der Waals surface area contributed by atoms with Crippen molar-refractivity contribution >= 4 is 5.69 Å². The summed E-state index contributed by atoms with van der Waals surface area (Å²) >= 11 is 0. The van der Waals surface area contributed by atoms with Gasteiger partial charge in [0.05, 0.1) is 5.41 Å². The Balaban J connectivity index is 2.04. The first-order chi connectivity index (χ1) is 7.31. The molecule has 1 fully saturated rings. The molecule has 0 atom stereocenters. The molecule has 1 heterocycles. The number of benzene rings is 1. The Morgan fingerprint density at radius 2 is 1.93 bits per heavy atom. The molecule has 0 aliphatic heterocycles. The van der Waals surface area contributed by atoms with Gasteiger partial charge in [0, 0.05) is 5.69 Å². The molecule has 1 aliphatic rings. The van der Waals surface area contributed by atoms with Gasteiger partial charge in [0.25, 0.3) is 0 Å². The van der Waals surface area contributed by atoms with Crippen LogP contribution in [0.1, 0.15) is 24.2 Å². The quantitative estimate of drug-likeness (QED) is 0.721. The third-order valence-electron chi connectivity index (χ3n) is 3.08. The molecule has 1 saturated carbocycles. The average Bonchev–Trinajstić information content (AvgIpc) is 2.88. The summed E-state index contributed by atoms with van der Waals surface area (Å²) in [5.74, 6) is 0.965. The van der Waals surface area contributed by atoms with Crippen LogP contribution in [0.2, 0.25) is 0 Å². The van der Waals surface area contributed by atoms with Crippen molar-refractivity contribution in [3.63, 3.8) is 0 Å². The van der Waals surface area contributed by atoms with Gasteiger partial charge in [-0.1, -0.05) is 12.1 Å². The van der Waals surface area contributed by atoms with Crippen molar-refractivity contribution < 1.29 is 0 Å². The van der Waals surface area contributed by atoms with Crippen LogP contribution in [-0.2, 0) is 5.41 Å². The largest absolute Gasteiger partial charge is 0.399 e. The molecule has 0 radical (unpaired) electrons. The van der Waals surface area contributed by atoms with Crippen molar-refractivity contribution in [2.45, 2.75) is 18.3 Å². The van der Waals surface area contributed by atoms with Crippen molar-refractivity contribution in [1.29, 1.82) is 0 Å². The Hall–Kier alpha value is -1.84. The second kappa shape index (κ2) is 2.82. The van der Waals surface area contributed by atoms with E-state index in [0.717, 1.165) is 24.4 Å². The van der Waals surface area contributed by atoms with Gasteiger partial charge in [-0.25, -0.2) is 4.98 Å². The molecule has 0 bridgehead atoms. The van der Waals surface area contributed by atoms with E-state index in [4.69, 9.17) is 5.73 Å². The summed E-state index contributed by atoms with van der Waals surface area (Å²) in [5, 5.41) is 6.87. The first kappa shape index (κ1) is 8.47. The zero-order chi connectivity index (χ0) is 10.3. The van der Waals surface area contributed by atoms with Crippen LogP contribution in [0.5, 0.6) is 0 Å². The molecule has 0 unspecified atom stereocenters. The van der Waals surface area contributed by atoms with Gasteiger partial charge in [0.2, 0.25) is 0 Å². The van der Waals surface area contributed by atoms with Crippen molar-refractivity contribution in [2.24, 2.45) is 0 Å². The standard InChI is InChI=1S/C11H12N4/c12-9-3-1-8(2-4-9)11(5-6-11)10-13-7-14-15-10/h1-4,7H,5-6,12H2,(H,13,14,15). The lowest BCUT2D eigenvalue weighted by Gasteiger charge is -2.12. The van der Waals surface area contributed by atoms with Crippen molar-refractivity contribution in [1.82, 2.24) is 15.2 Å². The van der Waals surface area contributed by atoms with Gasteiger partial charge in [0.1, 0.15) is 12.2 Å². The zero-order valence-electron chi connectivity index (χ0n) is 8.27. The number of rotatable bonds is 2. The maximum absolute atomic E-state index is 5.67. The second-order valence-corrected chi connectivity index (χ2v) is 4.04. The minimum absolute atomic E-state index is 0.0736. The summed E-state index contributed by atoms with van der Waals surface area (Å²) in [4.78, 5) is 4.25. The molecule has 1 aromatic heterocycles. The Labute approximate surface area is 87.5 Å². The monoisotopic (exact) mass is 200 g/mol. The molecule has 3 rings (SSSR count). The van der Waals surface area contributed by atoms with Gasteiger partial charge in [-0.05, 0) is 30.5 Å². The fraction of sp³-hybridized carbons (Fsp3) is 0.273. The topological polar surface area (TPSA) is 67.6 Å². The van der Waals surface area contributed by atoms with Crippen molar-refractivity contribution in [3.05, 3.63) is 42.0 Å². The lowest BCUT2D eigenvalue weighted by Crippen LogP contribution is -2.10. The molecule has 3 N–H and O–H groups in total. The Kier molecular flexibility index (Phi) is 1.59. The van der Waals surface area contributed by atoms with Gasteiger partial charge < -0.3 is 5.73 Å². The lowest BCUT2D eigenvalue weighted by atomic mass is 9.95. The van der Waals surface area contributed by atoms with Gasteiger partial charge in [-0.15, -0.1) is 0 Å². The molecule has 1 aliphatic carbocycles. The Morgan fingerprint density at radius 3 is 2.47 bits per heavy atom. The first-order valence-corrected chi connectivity index (χ1v) is 5.03. The van der Waals surface area contributed by atoms with E-state index in [2.05, 4.69) is 27.3 Å². The SMILES string of the molecule is Nc1ccc(C2(c3ncn[nH]3)CC2)cc1. The predicted molar refractivity (Wildman–Crippen MR) is 57.3 cm³/mol. The number of hydrogen-bond donors (Lipinski definition) is 2. The van der Waals surface area contributed by atoms with E-state index in [0.29, 0.717) is 0 Å². The molecule has 76 valence electrons. The summed E-state index contributed by atoms with van der Waals surface area (Å²) in [6.45, 7) is 0. The second-order valence-electron chi connectivity index (χ2n) is 4.04. The summed E-state index contributed by atoms with van der Waals surface area (Å²) in [6.07, 6.45) is 3.82. The number of nitrogens with zero attached hydrogens (tertiary/aromatic N) is 2. The molecule has 0 spiro atoms. The molecule has 0 amide bonds. The van der Waals surface area contributed by atoms with Crippen LogP contribution in [0, 0.1) is 0 Å². The summed E-state index contributed by atoms with van der Waals surface area (Å²) in [7, 11) is 0. The number of nitrogen functional groups attached to an aromatic ring is 1. The lowest BCUT2D eigenvalue weighted by molar-refractivity contribution is 0.761. The van der Waals surface area contributed by atoms with Crippen LogP contribution >= 0.6 is 0 Å². The Morgan fingerprint density at radius 1 is 1.20 bits per heavy atom. The molecule has 4 heteroatoms. The van der Waals surface area contributed by atoms with Crippen molar-refractivity contribution in [3.8, 4) is 0 Å². The van der Waals surface area contributed by atoms with Crippen LogP contribution in [0.3, 0.4) is 0 Å². The maximum Gasteiger partial charge on any atom is 0.137 e. The third kappa shape index (κ3) is 1.21. The van der Waals surface area contributed by atoms with Crippen LogP contribution < -0.4 is 5.73 Å². The van der Waals surface area contributed by atoms with Gasteiger partial charge in [-0.3, -0.25) is 5.10 Å². The highest BCUT2D eigenvalue weighted by molar-refractivity contribution is 5.46. The number of aromatic nitrogens is 3. The molecule has 4 nitrogen and oxygen atoms in total. The zero-order valence-corrected chi connectivity index (χ0v) is 8.27. The fourth-order valence-corrected chi connectivity index (χ4v) is 2.03. The predicted octanol–water partition coefficient (Wildman–Crippen LogP) is 1.47. The molecular weight excluding hydrogens is 188 g/mol. The smallest absolute Gasteiger partial charge is 0.137 e. The van der Waals surface area contributed by atoms with E-state index in [1.165, 1.54) is 5.56 Å². The Bertz CT molecular complexity index is 454. The highest BCUT2D eigenvalue weighted by Crippen LogP contribution is 2.51. The highest BCUT2D eigenvalue weighted by atomic mass is 15.2. The van der Waals surface area contributed by atoms with E-state index in [1.807, 2.05) is 12.1 Å². The number of hydrogen-bond acceptors (Lipinski definition) is 3.